The van der Waals surface area contributed by atoms with Gasteiger partial charge in [0.05, 0.1) is 12.7 Å². The highest BCUT2D eigenvalue weighted by atomic mass is 16.5. The maximum Gasteiger partial charge on any atom is 0.257 e. The number of rotatable bonds is 4. The van der Waals surface area contributed by atoms with Gasteiger partial charge in [0.1, 0.15) is 0 Å². The zero-order chi connectivity index (χ0) is 16.9. The largest absolute Gasteiger partial charge is 0.481 e. The molecule has 0 atom stereocenters. The lowest BCUT2D eigenvalue weighted by Gasteiger charge is -2.12. The number of aromatic nitrogens is 2. The molecule has 0 fully saturated rings. The molecule has 0 aliphatic heterocycles. The van der Waals surface area contributed by atoms with Gasteiger partial charge in [0.2, 0.25) is 5.88 Å². The van der Waals surface area contributed by atoms with E-state index in [1.54, 1.807) is 37.8 Å². The second kappa shape index (κ2) is 6.91. The molecule has 5 heteroatoms. The van der Waals surface area contributed by atoms with E-state index in [2.05, 4.69) is 15.3 Å². The SMILES string of the molecule is COc1ncccc1-c1ccc(NC(=O)c2cccnc2)c(C)c1. The number of anilines is 1. The lowest BCUT2D eigenvalue weighted by atomic mass is 10.0. The van der Waals surface area contributed by atoms with Gasteiger partial charge in [0.15, 0.2) is 0 Å². The fraction of sp³-hybridized carbons (Fsp3) is 0.105. The smallest absolute Gasteiger partial charge is 0.257 e. The van der Waals surface area contributed by atoms with Crippen LogP contribution in [0.3, 0.4) is 0 Å². The number of methoxy groups -OCH3 is 1. The summed E-state index contributed by atoms with van der Waals surface area (Å²) in [6.45, 7) is 1.95. The number of carbonyl (C=O) groups is 1. The molecule has 0 aliphatic rings. The van der Waals surface area contributed by atoms with Crippen molar-refractivity contribution in [2.24, 2.45) is 0 Å². The van der Waals surface area contributed by atoms with Crippen molar-refractivity contribution < 1.29 is 9.53 Å². The highest BCUT2D eigenvalue weighted by Crippen LogP contribution is 2.30. The van der Waals surface area contributed by atoms with Crippen LogP contribution < -0.4 is 10.1 Å². The van der Waals surface area contributed by atoms with Crippen LogP contribution in [0.5, 0.6) is 5.88 Å². The molecule has 0 unspecified atom stereocenters. The van der Waals surface area contributed by atoms with Crippen molar-refractivity contribution in [3.05, 3.63) is 72.2 Å². The third-order valence-electron chi connectivity index (χ3n) is 3.67. The molecule has 3 rings (SSSR count). The summed E-state index contributed by atoms with van der Waals surface area (Å²) in [5.74, 6) is 0.391. The summed E-state index contributed by atoms with van der Waals surface area (Å²) in [5, 5.41) is 2.91. The van der Waals surface area contributed by atoms with Crippen molar-refractivity contribution in [2.45, 2.75) is 6.92 Å². The first-order chi connectivity index (χ1) is 11.7. The van der Waals surface area contributed by atoms with Gasteiger partial charge in [-0.25, -0.2) is 4.98 Å². The summed E-state index contributed by atoms with van der Waals surface area (Å²) in [4.78, 5) is 20.4. The van der Waals surface area contributed by atoms with Crippen molar-refractivity contribution in [3.8, 4) is 17.0 Å². The number of pyridine rings is 2. The van der Waals surface area contributed by atoms with Crippen molar-refractivity contribution in [2.75, 3.05) is 12.4 Å². The Morgan fingerprint density at radius 3 is 2.67 bits per heavy atom. The molecule has 3 aromatic rings. The Kier molecular flexibility index (Phi) is 4.52. The average Bonchev–Trinajstić information content (AvgIpc) is 2.64. The molecule has 1 aromatic carbocycles. The molecule has 0 radical (unpaired) electrons. The van der Waals surface area contributed by atoms with E-state index in [4.69, 9.17) is 4.74 Å². The molecular formula is C19H17N3O2. The fourth-order valence-electron chi connectivity index (χ4n) is 2.44. The summed E-state index contributed by atoms with van der Waals surface area (Å²) < 4.78 is 5.30. The van der Waals surface area contributed by atoms with Crippen molar-refractivity contribution >= 4 is 11.6 Å². The van der Waals surface area contributed by atoms with E-state index < -0.39 is 0 Å². The maximum atomic E-state index is 12.2. The summed E-state index contributed by atoms with van der Waals surface area (Å²) in [6.07, 6.45) is 4.87. The minimum atomic E-state index is -0.182. The maximum absolute atomic E-state index is 12.2. The summed E-state index contributed by atoms with van der Waals surface area (Å²) in [7, 11) is 1.60. The molecular weight excluding hydrogens is 302 g/mol. The predicted octanol–water partition coefficient (Wildman–Crippen LogP) is 3.71. The zero-order valence-electron chi connectivity index (χ0n) is 13.5. The van der Waals surface area contributed by atoms with E-state index in [1.807, 2.05) is 37.3 Å². The molecule has 0 aliphatic carbocycles. The number of ether oxygens (including phenoxy) is 1. The second-order valence-corrected chi connectivity index (χ2v) is 5.29. The molecule has 0 saturated carbocycles. The van der Waals surface area contributed by atoms with Gasteiger partial charge in [-0.05, 0) is 54.4 Å². The van der Waals surface area contributed by atoms with Crippen molar-refractivity contribution in [1.29, 1.82) is 0 Å². The molecule has 1 N–H and O–H groups in total. The zero-order valence-corrected chi connectivity index (χ0v) is 13.5. The van der Waals surface area contributed by atoms with Crippen LogP contribution in [0.2, 0.25) is 0 Å². The van der Waals surface area contributed by atoms with Crippen LogP contribution in [0.15, 0.2) is 61.1 Å². The number of benzene rings is 1. The average molecular weight is 319 g/mol. The lowest BCUT2D eigenvalue weighted by molar-refractivity contribution is 0.102. The fourth-order valence-corrected chi connectivity index (χ4v) is 2.44. The Balaban J connectivity index is 1.87. The topological polar surface area (TPSA) is 64.1 Å². The molecule has 0 spiro atoms. The van der Waals surface area contributed by atoms with Gasteiger partial charge < -0.3 is 10.1 Å². The van der Waals surface area contributed by atoms with E-state index in [-0.39, 0.29) is 5.91 Å². The molecule has 1 amide bonds. The third kappa shape index (κ3) is 3.25. The van der Waals surface area contributed by atoms with Crippen LogP contribution in [0.4, 0.5) is 5.69 Å². The van der Waals surface area contributed by atoms with Crippen LogP contribution in [0.1, 0.15) is 15.9 Å². The number of nitrogens with zero attached hydrogens (tertiary/aromatic N) is 2. The monoisotopic (exact) mass is 319 g/mol. The predicted molar refractivity (Wildman–Crippen MR) is 93.2 cm³/mol. The van der Waals surface area contributed by atoms with E-state index in [1.165, 1.54) is 0 Å². The molecule has 5 nitrogen and oxygen atoms in total. The van der Waals surface area contributed by atoms with Crippen LogP contribution in [0, 0.1) is 6.92 Å². The Bertz CT molecular complexity index is 863. The quantitative estimate of drug-likeness (QED) is 0.796. The van der Waals surface area contributed by atoms with Gasteiger partial charge in [0, 0.05) is 29.8 Å². The van der Waals surface area contributed by atoms with Gasteiger partial charge in [0.25, 0.3) is 5.91 Å². The Morgan fingerprint density at radius 1 is 1.12 bits per heavy atom. The van der Waals surface area contributed by atoms with Gasteiger partial charge in [-0.1, -0.05) is 6.07 Å². The van der Waals surface area contributed by atoms with E-state index in [0.717, 1.165) is 22.4 Å². The molecule has 24 heavy (non-hydrogen) atoms. The Labute approximate surface area is 140 Å². The van der Waals surface area contributed by atoms with E-state index in [9.17, 15) is 4.79 Å². The van der Waals surface area contributed by atoms with Gasteiger partial charge in [-0.3, -0.25) is 9.78 Å². The van der Waals surface area contributed by atoms with Gasteiger partial charge >= 0.3 is 0 Å². The second-order valence-electron chi connectivity index (χ2n) is 5.29. The van der Waals surface area contributed by atoms with Gasteiger partial charge in [-0.15, -0.1) is 0 Å². The number of aryl methyl sites for hydroxylation is 1. The minimum absolute atomic E-state index is 0.182. The third-order valence-corrected chi connectivity index (χ3v) is 3.67. The Hall–Kier alpha value is -3.21. The minimum Gasteiger partial charge on any atom is -0.481 e. The summed E-state index contributed by atoms with van der Waals surface area (Å²) >= 11 is 0. The molecule has 2 heterocycles. The first kappa shape index (κ1) is 15.7. The lowest BCUT2D eigenvalue weighted by Crippen LogP contribution is -2.12. The van der Waals surface area contributed by atoms with E-state index >= 15 is 0 Å². The number of nitrogens with one attached hydrogen (secondary N) is 1. The van der Waals surface area contributed by atoms with Crippen LogP contribution in [-0.2, 0) is 0 Å². The molecule has 120 valence electrons. The molecule has 0 saturated heterocycles. The number of amides is 1. The molecule has 0 bridgehead atoms. The van der Waals surface area contributed by atoms with Crippen LogP contribution in [0.25, 0.3) is 11.1 Å². The number of carbonyl (C=O) groups excluding carboxylic acids is 1. The summed E-state index contributed by atoms with van der Waals surface area (Å²) in [5.41, 5.74) is 4.13. The highest BCUT2D eigenvalue weighted by Gasteiger charge is 2.11. The van der Waals surface area contributed by atoms with Gasteiger partial charge in [-0.2, -0.15) is 0 Å². The molecule has 2 aromatic heterocycles. The van der Waals surface area contributed by atoms with Crippen molar-refractivity contribution in [1.82, 2.24) is 9.97 Å². The Morgan fingerprint density at radius 2 is 1.96 bits per heavy atom. The summed E-state index contributed by atoms with van der Waals surface area (Å²) in [6, 6.07) is 13.1. The van der Waals surface area contributed by atoms with Crippen LogP contribution in [-0.4, -0.2) is 23.0 Å². The first-order valence-corrected chi connectivity index (χ1v) is 7.50. The van der Waals surface area contributed by atoms with E-state index in [0.29, 0.717) is 11.4 Å². The highest BCUT2D eigenvalue weighted by molar-refractivity contribution is 6.04. The standard InChI is InChI=1S/C19H17N3O2/c1-13-11-14(16-6-4-10-21-19(16)24-2)7-8-17(13)22-18(23)15-5-3-9-20-12-15/h3-12H,1-2H3,(H,22,23). The van der Waals surface area contributed by atoms with Crippen molar-refractivity contribution in [3.63, 3.8) is 0 Å². The first-order valence-electron chi connectivity index (χ1n) is 7.50. The number of hydrogen-bond acceptors (Lipinski definition) is 4. The van der Waals surface area contributed by atoms with Crippen LogP contribution >= 0.6 is 0 Å². The number of hydrogen-bond donors (Lipinski definition) is 1. The normalized spacial score (nSPS) is 10.2.